The van der Waals surface area contributed by atoms with Crippen molar-refractivity contribution >= 4 is 26.8 Å². The predicted octanol–water partition coefficient (Wildman–Crippen LogP) is 3.34. The molecule has 17 heavy (non-hydrogen) atoms. The monoisotopic (exact) mass is 246 g/mol. The first-order valence-corrected chi connectivity index (χ1v) is 9.66. The van der Waals surface area contributed by atoms with Gasteiger partial charge >= 0.3 is 119 Å². The molecule has 2 unspecified atom stereocenters. The molecule has 0 rings (SSSR count). The Morgan fingerprint density at radius 3 is 2.24 bits per heavy atom. The summed E-state index contributed by atoms with van der Waals surface area (Å²) in [5.74, 6) is 7.12. The van der Waals surface area contributed by atoms with Gasteiger partial charge in [-0.15, -0.1) is 0 Å². The van der Waals surface area contributed by atoms with Gasteiger partial charge in [-0.05, 0) is 0 Å². The van der Waals surface area contributed by atoms with Crippen LogP contribution in [0, 0.1) is 23.2 Å². The Morgan fingerprint density at radius 1 is 1.24 bits per heavy atom. The maximum absolute atomic E-state index is 5.97. The van der Waals surface area contributed by atoms with Crippen LogP contribution in [0.5, 0.6) is 0 Å². The van der Waals surface area contributed by atoms with Gasteiger partial charge in [0.25, 0.3) is 0 Å². The second kappa shape index (κ2) is 8.44. The molecule has 0 spiro atoms. The molecule has 0 bridgehead atoms. The third kappa shape index (κ3) is 8.98. The van der Waals surface area contributed by atoms with Gasteiger partial charge in [0.2, 0.25) is 0 Å². The molecule has 0 radical (unpaired) electrons. The molecule has 0 saturated heterocycles. The van der Waals surface area contributed by atoms with Crippen LogP contribution in [0.2, 0.25) is 13.1 Å². The van der Waals surface area contributed by atoms with E-state index in [0.29, 0.717) is 16.1 Å². The van der Waals surface area contributed by atoms with Crippen LogP contribution in [0.15, 0.2) is 0 Å². The Bertz CT molecular complexity index is 260. The van der Waals surface area contributed by atoms with E-state index < -0.39 is 9.04 Å². The molecule has 0 fully saturated rings. The van der Waals surface area contributed by atoms with Gasteiger partial charge in [-0.25, -0.2) is 0 Å². The second-order valence-electron chi connectivity index (χ2n) is 6.21. The molecule has 0 aliphatic carbocycles. The van der Waals surface area contributed by atoms with E-state index in [1.807, 2.05) is 0 Å². The Balaban J connectivity index is 4.39. The van der Waals surface area contributed by atoms with Gasteiger partial charge in [0.15, 0.2) is 0 Å². The topological polar surface area (TPSA) is 9.23 Å². The van der Waals surface area contributed by atoms with Crippen LogP contribution in [0.4, 0.5) is 0 Å². The summed E-state index contributed by atoms with van der Waals surface area (Å²) < 4.78 is 6.36. The van der Waals surface area contributed by atoms with E-state index in [0.717, 1.165) is 19.3 Å². The Hall–Kier alpha value is 0.334. The van der Waals surface area contributed by atoms with Crippen LogP contribution < -0.4 is 0 Å². The first-order chi connectivity index (χ1) is 7.77. The fraction of sp³-hybridized carbons (Fsp3) is 0.857. The molecule has 0 aliphatic heterocycles. The van der Waals surface area contributed by atoms with E-state index >= 15 is 0 Å². The van der Waals surface area contributed by atoms with Crippen molar-refractivity contribution in [2.45, 2.75) is 64.8 Å². The van der Waals surface area contributed by atoms with Gasteiger partial charge in [0.05, 0.1) is 0 Å². The number of hydrogen-bond acceptors (Lipinski definition) is 1. The second-order valence-corrected chi connectivity index (χ2v) is 8.58. The Kier molecular flexibility index (Phi) is 8.60. The summed E-state index contributed by atoms with van der Waals surface area (Å²) >= 11 is 2.21. The molecule has 0 aromatic carbocycles. The average Bonchev–Trinajstić information content (AvgIpc) is 2.13. The van der Waals surface area contributed by atoms with Gasteiger partial charge in [0, 0.05) is 0 Å². The van der Waals surface area contributed by atoms with Crippen LogP contribution in [-0.4, -0.2) is 31.5 Å². The molecule has 3 heteroatoms. The summed E-state index contributed by atoms with van der Waals surface area (Å²) in [7, 11) is -0.911. The summed E-state index contributed by atoms with van der Waals surface area (Å²) in [6, 6.07) is 0. The van der Waals surface area contributed by atoms with Crippen molar-refractivity contribution < 1.29 is 4.43 Å². The number of rotatable bonds is 5. The molecule has 0 aromatic rings. The normalized spacial score (nSPS) is 15.4. The zero-order chi connectivity index (χ0) is 13.5. The molecular weight excluding hydrogens is 219 g/mol. The van der Waals surface area contributed by atoms with E-state index in [-0.39, 0.29) is 0 Å². The Morgan fingerprint density at radius 2 is 1.82 bits per heavy atom. The van der Waals surface area contributed by atoms with Crippen molar-refractivity contribution in [3.8, 4) is 11.8 Å². The van der Waals surface area contributed by atoms with E-state index in [9.17, 15) is 0 Å². The average molecular weight is 246 g/mol. The van der Waals surface area contributed by atoms with Gasteiger partial charge < -0.3 is 0 Å². The van der Waals surface area contributed by atoms with Crippen LogP contribution >= 0.6 is 0 Å². The van der Waals surface area contributed by atoms with E-state index in [1.54, 1.807) is 0 Å². The molecule has 94 valence electrons. The first-order valence-electron chi connectivity index (χ1n) is 6.88. The van der Waals surface area contributed by atoms with Crippen LogP contribution in [0.25, 0.3) is 0 Å². The van der Waals surface area contributed by atoms with E-state index in [2.05, 4.69) is 70.3 Å². The quantitative estimate of drug-likeness (QED) is 0.534. The van der Waals surface area contributed by atoms with Crippen molar-refractivity contribution in [1.82, 2.24) is 0 Å². The molecule has 0 aromatic heterocycles. The summed E-state index contributed by atoms with van der Waals surface area (Å²) in [4.78, 5) is 0. The van der Waals surface area contributed by atoms with Crippen LogP contribution in [0.3, 0.4) is 0 Å². The van der Waals surface area contributed by atoms with Crippen LogP contribution in [0.1, 0.15) is 47.0 Å². The van der Waals surface area contributed by atoms with Gasteiger partial charge in [0.1, 0.15) is 0 Å². The first kappa shape index (κ1) is 17.3. The molecule has 1 nitrogen and oxygen atoms in total. The van der Waals surface area contributed by atoms with E-state index in [4.69, 9.17) is 4.43 Å². The zero-order valence-electron chi connectivity index (χ0n) is 12.8. The molecule has 0 amide bonds. The third-order valence-corrected chi connectivity index (χ3v) is 4.00. The zero-order valence-corrected chi connectivity index (χ0v) is 13.9. The van der Waals surface area contributed by atoms with Crippen molar-refractivity contribution in [3.63, 3.8) is 0 Å². The summed E-state index contributed by atoms with van der Waals surface area (Å²) in [6.07, 6.45) is 3.10. The van der Waals surface area contributed by atoms with Crippen molar-refractivity contribution in [2.24, 2.45) is 11.3 Å². The fourth-order valence-corrected chi connectivity index (χ4v) is 3.02. The van der Waals surface area contributed by atoms with Crippen molar-refractivity contribution in [1.29, 1.82) is 0 Å². The Labute approximate surface area is 119 Å². The van der Waals surface area contributed by atoms with Gasteiger partial charge in [-0.2, -0.15) is 0 Å². The minimum atomic E-state index is -0.911. The van der Waals surface area contributed by atoms with Gasteiger partial charge in [-0.3, -0.25) is 0 Å². The standard InChI is InChI=1S/C14H27OSi.Li/c1-7-8-9-10-13(14(2,3)4)11-12-15-16(5)6;/h12-13,16H,7,10-11H2,1-6H3;. The van der Waals surface area contributed by atoms with Crippen LogP contribution in [-0.2, 0) is 4.43 Å². The summed E-state index contributed by atoms with van der Waals surface area (Å²) in [5, 5.41) is 0. The van der Waals surface area contributed by atoms with Crippen molar-refractivity contribution in [3.05, 3.63) is 0 Å². The number of hydrogen-bond donors (Lipinski definition) is 0. The third-order valence-electron chi connectivity index (χ3n) is 3.00. The maximum atomic E-state index is 5.97. The summed E-state index contributed by atoms with van der Waals surface area (Å²) in [6.45, 7) is 13.5. The molecule has 0 N–H and O–H groups in total. The SMILES string of the molecule is [Li][CH](CC(CC#CCC)C(C)(C)C)O[SiH](C)C. The van der Waals surface area contributed by atoms with Crippen molar-refractivity contribution in [2.75, 3.05) is 0 Å². The predicted molar refractivity (Wildman–Crippen MR) is 79.8 cm³/mol. The minimum absolute atomic E-state index is 0.318. The molecule has 2 atom stereocenters. The molecular formula is C14H27LiOSi. The fourth-order valence-electron chi connectivity index (χ4n) is 1.98. The van der Waals surface area contributed by atoms with E-state index in [1.165, 1.54) is 0 Å². The molecule has 0 aliphatic rings. The molecule has 0 heterocycles. The van der Waals surface area contributed by atoms with Gasteiger partial charge in [-0.1, -0.05) is 0 Å². The summed E-state index contributed by atoms with van der Waals surface area (Å²) in [5.41, 5.74) is 0.318. The molecule has 0 saturated carbocycles.